The Balaban J connectivity index is 2.58. The predicted octanol–water partition coefficient (Wildman–Crippen LogP) is -0.124. The molecule has 1 rings (SSSR count). The minimum absolute atomic E-state index is 0.0208. The Morgan fingerprint density at radius 2 is 2.57 bits per heavy atom. The largest absolute Gasteiger partial charge is 0.389 e. The number of carbonyl (C=O) groups is 1. The first-order valence-electron chi connectivity index (χ1n) is 2.18. The minimum atomic E-state index is -0.507. The second kappa shape index (κ2) is 1.46. The van der Waals surface area contributed by atoms with E-state index in [0.717, 1.165) is 0 Å². The van der Waals surface area contributed by atoms with Gasteiger partial charge in [0.15, 0.2) is 5.78 Å². The number of hydrogen-bond donors (Lipinski definition) is 1. The predicted molar refractivity (Wildman–Crippen MR) is 24.8 cm³/mol. The van der Waals surface area contributed by atoms with Gasteiger partial charge < -0.3 is 5.11 Å². The van der Waals surface area contributed by atoms with E-state index in [1.807, 2.05) is 0 Å². The summed E-state index contributed by atoms with van der Waals surface area (Å²) < 4.78 is 0. The summed E-state index contributed by atoms with van der Waals surface area (Å²) in [4.78, 5) is 10.2. The van der Waals surface area contributed by atoms with Crippen molar-refractivity contribution in [2.24, 2.45) is 0 Å². The maximum atomic E-state index is 10.2. The number of carbonyl (C=O) groups excluding carboxylic acids is 1. The van der Waals surface area contributed by atoms with Crippen LogP contribution in [0.4, 0.5) is 0 Å². The van der Waals surface area contributed by atoms with Gasteiger partial charge in [-0.1, -0.05) is 6.08 Å². The first kappa shape index (κ1) is 4.53. The fraction of sp³-hybridized carbons (Fsp3) is 0.400. The Labute approximate surface area is 41.5 Å². The molecule has 0 radical (unpaired) electrons. The maximum absolute atomic E-state index is 10.2. The summed E-state index contributed by atoms with van der Waals surface area (Å²) in [5.41, 5.74) is 0. The van der Waals surface area contributed by atoms with Gasteiger partial charge in [0.05, 0.1) is 6.10 Å². The Morgan fingerprint density at radius 3 is 2.71 bits per heavy atom. The molecule has 7 heavy (non-hydrogen) atoms. The second-order valence-electron chi connectivity index (χ2n) is 1.60. The van der Waals surface area contributed by atoms with Gasteiger partial charge >= 0.3 is 0 Å². The molecule has 1 aliphatic rings. The highest BCUT2D eigenvalue weighted by Gasteiger charge is 2.10. The van der Waals surface area contributed by atoms with Crippen molar-refractivity contribution >= 4 is 5.78 Å². The van der Waals surface area contributed by atoms with E-state index >= 15 is 0 Å². The number of aliphatic hydroxyl groups excluding tert-OH is 1. The topological polar surface area (TPSA) is 37.3 Å². The van der Waals surface area contributed by atoms with Crippen LogP contribution in [-0.4, -0.2) is 17.0 Å². The van der Waals surface area contributed by atoms with Gasteiger partial charge in [-0.3, -0.25) is 4.79 Å². The first-order chi connectivity index (χ1) is 3.29. The summed E-state index contributed by atoms with van der Waals surface area (Å²) in [6.45, 7) is 0. The monoisotopic (exact) mass is 98.0 g/mol. The molecule has 2 heteroatoms. The van der Waals surface area contributed by atoms with Gasteiger partial charge in [-0.2, -0.15) is 0 Å². The van der Waals surface area contributed by atoms with Gasteiger partial charge in [0.1, 0.15) is 0 Å². The van der Waals surface area contributed by atoms with Crippen molar-refractivity contribution in [1.82, 2.24) is 0 Å². The highest BCUT2D eigenvalue weighted by atomic mass is 16.3. The fourth-order valence-corrected chi connectivity index (χ4v) is 0.561. The van der Waals surface area contributed by atoms with Crippen LogP contribution in [0, 0.1) is 0 Å². The molecule has 0 fully saturated rings. The van der Waals surface area contributed by atoms with Crippen LogP contribution >= 0.6 is 0 Å². The zero-order chi connectivity index (χ0) is 5.28. The minimum Gasteiger partial charge on any atom is -0.389 e. The number of aliphatic hydroxyl groups is 1. The third-order valence-electron chi connectivity index (χ3n) is 0.915. The van der Waals surface area contributed by atoms with Crippen LogP contribution in [0.5, 0.6) is 0 Å². The lowest BCUT2D eigenvalue weighted by molar-refractivity contribution is -0.114. The van der Waals surface area contributed by atoms with E-state index in [2.05, 4.69) is 0 Å². The highest BCUT2D eigenvalue weighted by molar-refractivity contribution is 5.92. The summed E-state index contributed by atoms with van der Waals surface area (Å²) in [6, 6.07) is 0. The highest BCUT2D eigenvalue weighted by Crippen LogP contribution is 2.03. The van der Waals surface area contributed by atoms with E-state index in [1.54, 1.807) is 0 Å². The first-order valence-corrected chi connectivity index (χ1v) is 2.18. The van der Waals surface area contributed by atoms with Crippen molar-refractivity contribution in [2.45, 2.75) is 12.5 Å². The van der Waals surface area contributed by atoms with Crippen LogP contribution in [0.2, 0.25) is 0 Å². The molecule has 0 saturated heterocycles. The molecule has 0 spiro atoms. The van der Waals surface area contributed by atoms with E-state index in [4.69, 9.17) is 5.11 Å². The molecule has 0 amide bonds. The standard InChI is InChI=1S/C5H6O2/c6-4-1-2-5(7)3-4/h1-2,4,6H,3H2/t4-/m1/s1. The van der Waals surface area contributed by atoms with E-state index < -0.39 is 6.10 Å². The Bertz CT molecular complexity index is 115. The van der Waals surface area contributed by atoms with Crippen LogP contribution in [0.25, 0.3) is 0 Å². The Morgan fingerprint density at radius 1 is 1.86 bits per heavy atom. The Hall–Kier alpha value is -0.630. The van der Waals surface area contributed by atoms with E-state index in [9.17, 15) is 4.79 Å². The molecular weight excluding hydrogens is 92.1 g/mol. The lowest BCUT2D eigenvalue weighted by Gasteiger charge is -1.88. The van der Waals surface area contributed by atoms with Gasteiger partial charge in [-0.05, 0) is 6.08 Å². The lowest BCUT2D eigenvalue weighted by Crippen LogP contribution is -1.99. The van der Waals surface area contributed by atoms with Crippen LogP contribution < -0.4 is 0 Å². The molecule has 0 bridgehead atoms. The molecule has 1 aliphatic carbocycles. The number of ketones is 1. The van der Waals surface area contributed by atoms with Gasteiger partial charge in [0, 0.05) is 6.42 Å². The lowest BCUT2D eigenvalue weighted by atomic mass is 10.3. The second-order valence-corrected chi connectivity index (χ2v) is 1.60. The van der Waals surface area contributed by atoms with Gasteiger partial charge in [0.2, 0.25) is 0 Å². The van der Waals surface area contributed by atoms with E-state index in [0.29, 0.717) is 0 Å². The van der Waals surface area contributed by atoms with Crippen molar-refractivity contribution < 1.29 is 9.90 Å². The van der Waals surface area contributed by atoms with Crippen molar-refractivity contribution in [1.29, 1.82) is 0 Å². The van der Waals surface area contributed by atoms with Crippen molar-refractivity contribution in [2.75, 3.05) is 0 Å². The van der Waals surface area contributed by atoms with Crippen LogP contribution in [0.3, 0.4) is 0 Å². The van der Waals surface area contributed by atoms with Crippen molar-refractivity contribution in [3.8, 4) is 0 Å². The summed E-state index contributed by atoms with van der Waals surface area (Å²) >= 11 is 0. The van der Waals surface area contributed by atoms with Gasteiger partial charge in [0.25, 0.3) is 0 Å². The van der Waals surface area contributed by atoms with Crippen molar-refractivity contribution in [3.05, 3.63) is 12.2 Å². The molecule has 38 valence electrons. The fourth-order valence-electron chi connectivity index (χ4n) is 0.561. The molecule has 1 N–H and O–H groups in total. The zero-order valence-corrected chi connectivity index (χ0v) is 3.79. The third kappa shape index (κ3) is 0.871. The SMILES string of the molecule is O=C1C=C[C@@H](O)C1. The number of allylic oxidation sites excluding steroid dienone is 1. The summed E-state index contributed by atoms with van der Waals surface area (Å²) in [5.74, 6) is 0.0208. The molecule has 0 unspecified atom stereocenters. The van der Waals surface area contributed by atoms with E-state index in [1.165, 1.54) is 12.2 Å². The molecule has 2 nitrogen and oxygen atoms in total. The van der Waals surface area contributed by atoms with Crippen molar-refractivity contribution in [3.63, 3.8) is 0 Å². The molecular formula is C5H6O2. The molecule has 0 heterocycles. The average molecular weight is 98.1 g/mol. The summed E-state index contributed by atoms with van der Waals surface area (Å²) in [7, 11) is 0. The number of hydrogen-bond acceptors (Lipinski definition) is 2. The molecule has 0 aromatic heterocycles. The molecule has 0 aliphatic heterocycles. The van der Waals surface area contributed by atoms with Crippen LogP contribution in [-0.2, 0) is 4.79 Å². The molecule has 0 saturated carbocycles. The van der Waals surface area contributed by atoms with Crippen LogP contribution in [0.15, 0.2) is 12.2 Å². The smallest absolute Gasteiger partial charge is 0.158 e. The third-order valence-corrected chi connectivity index (χ3v) is 0.915. The molecule has 0 aromatic carbocycles. The molecule has 0 aromatic rings. The van der Waals surface area contributed by atoms with E-state index in [-0.39, 0.29) is 12.2 Å². The van der Waals surface area contributed by atoms with Crippen LogP contribution in [0.1, 0.15) is 6.42 Å². The normalized spacial score (nSPS) is 29.3. The maximum Gasteiger partial charge on any atom is 0.158 e. The summed E-state index contributed by atoms with van der Waals surface area (Å²) in [6.07, 6.45) is 2.68. The Kier molecular flexibility index (Phi) is 0.947. The zero-order valence-electron chi connectivity index (χ0n) is 3.79. The van der Waals surface area contributed by atoms with Gasteiger partial charge in [-0.25, -0.2) is 0 Å². The summed E-state index contributed by atoms with van der Waals surface area (Å²) in [5, 5.41) is 8.59. The average Bonchev–Trinajstić information content (AvgIpc) is 1.87. The number of rotatable bonds is 0. The quantitative estimate of drug-likeness (QED) is 0.458. The molecule has 1 atom stereocenters. The van der Waals surface area contributed by atoms with Gasteiger partial charge in [-0.15, -0.1) is 0 Å².